The van der Waals surface area contributed by atoms with Crippen LogP contribution in [0.15, 0.2) is 30.3 Å². The van der Waals surface area contributed by atoms with Gasteiger partial charge >= 0.3 is 12.0 Å². The minimum atomic E-state index is -1.23. The fourth-order valence-corrected chi connectivity index (χ4v) is 1.48. The molecule has 2 amide bonds. The summed E-state index contributed by atoms with van der Waals surface area (Å²) in [6.45, 7) is 1.57. The smallest absolute Gasteiger partial charge is 0.326 e. The van der Waals surface area contributed by atoms with E-state index in [0.717, 1.165) is 5.56 Å². The molecule has 0 heterocycles. The quantitative estimate of drug-likeness (QED) is 0.712. The Bertz CT molecular complexity index is 459. The zero-order valence-corrected chi connectivity index (χ0v) is 10.6. The molecule has 102 valence electrons. The lowest BCUT2D eigenvalue weighted by Gasteiger charge is -2.13. The molecule has 0 radical (unpaired) electrons. The van der Waals surface area contributed by atoms with Gasteiger partial charge in [-0.25, -0.2) is 9.59 Å². The third-order valence-electron chi connectivity index (χ3n) is 2.39. The summed E-state index contributed by atoms with van der Waals surface area (Å²) in [4.78, 5) is 33.3. The van der Waals surface area contributed by atoms with Crippen LogP contribution >= 0.6 is 0 Å². The fourth-order valence-electron chi connectivity index (χ4n) is 1.48. The number of carboxylic acid groups (broad SMARTS) is 1. The van der Waals surface area contributed by atoms with E-state index in [1.54, 1.807) is 0 Å². The van der Waals surface area contributed by atoms with Crippen LogP contribution in [-0.4, -0.2) is 28.9 Å². The van der Waals surface area contributed by atoms with Crippen LogP contribution in [0, 0.1) is 0 Å². The van der Waals surface area contributed by atoms with Crippen molar-refractivity contribution >= 4 is 17.8 Å². The summed E-state index contributed by atoms with van der Waals surface area (Å²) in [6, 6.07) is 7.40. The lowest BCUT2D eigenvalue weighted by Crippen LogP contribution is -2.46. The molecule has 6 nitrogen and oxygen atoms in total. The molecular formula is C13H16N2O4. The maximum absolute atomic E-state index is 11.5. The number of benzene rings is 1. The first-order valence-corrected chi connectivity index (χ1v) is 5.79. The molecule has 1 aromatic carbocycles. The molecule has 0 bridgehead atoms. The number of nitrogens with one attached hydrogen (secondary N) is 2. The number of aliphatic carboxylic acids is 1. The van der Waals surface area contributed by atoms with Crippen LogP contribution in [0.4, 0.5) is 4.79 Å². The molecule has 19 heavy (non-hydrogen) atoms. The summed E-state index contributed by atoms with van der Waals surface area (Å²) >= 11 is 0. The monoisotopic (exact) mass is 264 g/mol. The highest BCUT2D eigenvalue weighted by molar-refractivity contribution is 5.88. The molecule has 1 unspecified atom stereocenters. The first kappa shape index (κ1) is 14.7. The van der Waals surface area contributed by atoms with Crippen molar-refractivity contribution < 1.29 is 19.5 Å². The van der Waals surface area contributed by atoms with Gasteiger partial charge in [-0.3, -0.25) is 4.79 Å². The largest absolute Gasteiger partial charge is 0.480 e. The SMILES string of the molecule is CC(=O)CC(NC(=O)NCc1ccccc1)C(=O)O. The maximum Gasteiger partial charge on any atom is 0.326 e. The lowest BCUT2D eigenvalue weighted by atomic mass is 10.1. The molecule has 3 N–H and O–H groups in total. The Labute approximate surface area is 110 Å². The third-order valence-corrected chi connectivity index (χ3v) is 2.39. The Balaban J connectivity index is 2.45. The predicted molar refractivity (Wildman–Crippen MR) is 68.5 cm³/mol. The van der Waals surface area contributed by atoms with Gasteiger partial charge in [0.05, 0.1) is 0 Å². The summed E-state index contributed by atoms with van der Waals surface area (Å²) in [7, 11) is 0. The number of carboxylic acids is 1. The van der Waals surface area contributed by atoms with Gasteiger partial charge in [-0.05, 0) is 12.5 Å². The van der Waals surface area contributed by atoms with Gasteiger partial charge in [0.15, 0.2) is 0 Å². The number of rotatable bonds is 6. The molecule has 0 aliphatic heterocycles. The number of hydrogen-bond acceptors (Lipinski definition) is 3. The van der Waals surface area contributed by atoms with Gasteiger partial charge in [-0.2, -0.15) is 0 Å². The number of amides is 2. The first-order valence-electron chi connectivity index (χ1n) is 5.79. The van der Waals surface area contributed by atoms with Crippen molar-refractivity contribution in [3.63, 3.8) is 0 Å². The number of hydrogen-bond donors (Lipinski definition) is 3. The van der Waals surface area contributed by atoms with Crippen molar-refractivity contribution in [1.82, 2.24) is 10.6 Å². The number of ketones is 1. The lowest BCUT2D eigenvalue weighted by molar-refractivity contribution is -0.140. The first-order chi connectivity index (χ1) is 8.99. The zero-order valence-electron chi connectivity index (χ0n) is 10.6. The summed E-state index contributed by atoms with van der Waals surface area (Å²) in [5.41, 5.74) is 0.899. The van der Waals surface area contributed by atoms with Crippen LogP contribution < -0.4 is 10.6 Å². The topological polar surface area (TPSA) is 95.5 Å². The molecule has 0 spiro atoms. The molecule has 0 aromatic heterocycles. The van der Waals surface area contributed by atoms with Gasteiger partial charge in [0.2, 0.25) is 0 Å². The molecule has 1 aromatic rings. The normalized spacial score (nSPS) is 11.4. The average Bonchev–Trinajstić information content (AvgIpc) is 2.36. The molecule has 0 saturated carbocycles. The summed E-state index contributed by atoms with van der Waals surface area (Å²) < 4.78 is 0. The van der Waals surface area contributed by atoms with Gasteiger partial charge < -0.3 is 15.7 Å². The number of urea groups is 1. The van der Waals surface area contributed by atoms with Crippen LogP contribution in [0.3, 0.4) is 0 Å². The second-order valence-electron chi connectivity index (χ2n) is 4.11. The van der Waals surface area contributed by atoms with Crippen LogP contribution in [0.25, 0.3) is 0 Å². The van der Waals surface area contributed by atoms with E-state index in [1.165, 1.54) is 6.92 Å². The van der Waals surface area contributed by atoms with Crippen molar-refractivity contribution in [3.05, 3.63) is 35.9 Å². The van der Waals surface area contributed by atoms with E-state index in [1.807, 2.05) is 30.3 Å². The van der Waals surface area contributed by atoms with Gasteiger partial charge in [0.25, 0.3) is 0 Å². The van der Waals surface area contributed by atoms with Crippen molar-refractivity contribution in [1.29, 1.82) is 0 Å². The Morgan fingerprint density at radius 1 is 1.21 bits per heavy atom. The van der Waals surface area contributed by atoms with Crippen LogP contribution in [0.1, 0.15) is 18.9 Å². The standard InChI is InChI=1S/C13H16N2O4/c1-9(16)7-11(12(17)18)15-13(19)14-8-10-5-3-2-4-6-10/h2-6,11H,7-8H2,1H3,(H,17,18)(H2,14,15,19). The van der Waals surface area contributed by atoms with E-state index >= 15 is 0 Å². The van der Waals surface area contributed by atoms with Gasteiger partial charge in [0.1, 0.15) is 11.8 Å². The van der Waals surface area contributed by atoms with Crippen molar-refractivity contribution in [3.8, 4) is 0 Å². The summed E-state index contributed by atoms with van der Waals surface area (Å²) in [5.74, 6) is -1.53. The fraction of sp³-hybridized carbons (Fsp3) is 0.308. The molecular weight excluding hydrogens is 248 g/mol. The third kappa shape index (κ3) is 5.67. The minimum Gasteiger partial charge on any atom is -0.480 e. The number of carbonyl (C=O) groups excluding carboxylic acids is 2. The molecule has 1 rings (SSSR count). The number of carbonyl (C=O) groups is 3. The highest BCUT2D eigenvalue weighted by atomic mass is 16.4. The van der Waals surface area contributed by atoms with Crippen LogP contribution in [0.2, 0.25) is 0 Å². The second-order valence-corrected chi connectivity index (χ2v) is 4.11. The van der Waals surface area contributed by atoms with Gasteiger partial charge in [-0.15, -0.1) is 0 Å². The molecule has 0 fully saturated rings. The van der Waals surface area contributed by atoms with E-state index in [4.69, 9.17) is 5.11 Å². The Morgan fingerprint density at radius 2 is 1.84 bits per heavy atom. The van der Waals surface area contributed by atoms with E-state index in [0.29, 0.717) is 6.54 Å². The van der Waals surface area contributed by atoms with E-state index in [-0.39, 0.29) is 12.2 Å². The summed E-state index contributed by atoms with van der Waals surface area (Å²) in [5, 5.41) is 13.6. The Hall–Kier alpha value is -2.37. The van der Waals surface area contributed by atoms with Crippen LogP contribution in [0.5, 0.6) is 0 Å². The van der Waals surface area contributed by atoms with E-state index in [2.05, 4.69) is 10.6 Å². The van der Waals surface area contributed by atoms with Crippen LogP contribution in [-0.2, 0) is 16.1 Å². The van der Waals surface area contributed by atoms with Crippen molar-refractivity contribution in [2.45, 2.75) is 25.9 Å². The second kappa shape index (κ2) is 7.15. The highest BCUT2D eigenvalue weighted by Crippen LogP contribution is 1.98. The Kier molecular flexibility index (Phi) is 5.53. The molecule has 0 aliphatic carbocycles. The van der Waals surface area contributed by atoms with Gasteiger partial charge in [-0.1, -0.05) is 30.3 Å². The zero-order chi connectivity index (χ0) is 14.3. The van der Waals surface area contributed by atoms with Gasteiger partial charge in [0, 0.05) is 13.0 Å². The highest BCUT2D eigenvalue weighted by Gasteiger charge is 2.21. The molecule has 0 saturated heterocycles. The van der Waals surface area contributed by atoms with E-state index < -0.39 is 18.0 Å². The molecule has 0 aliphatic rings. The number of Topliss-reactive ketones (excluding diaryl/α,β-unsaturated/α-hetero) is 1. The van der Waals surface area contributed by atoms with E-state index in [9.17, 15) is 14.4 Å². The minimum absolute atomic E-state index is 0.228. The molecule has 1 atom stereocenters. The van der Waals surface area contributed by atoms with Crippen molar-refractivity contribution in [2.75, 3.05) is 0 Å². The predicted octanol–water partition coefficient (Wildman–Crippen LogP) is 0.918. The average molecular weight is 264 g/mol. The Morgan fingerprint density at radius 3 is 2.37 bits per heavy atom. The maximum atomic E-state index is 11.5. The molecule has 6 heteroatoms. The van der Waals surface area contributed by atoms with Crippen molar-refractivity contribution in [2.24, 2.45) is 0 Å². The summed E-state index contributed by atoms with van der Waals surface area (Å²) in [6.07, 6.45) is -0.228.